The molecule has 9 heteroatoms. The van der Waals surface area contributed by atoms with Crippen molar-refractivity contribution >= 4 is 0 Å². The fraction of sp³-hybridized carbons (Fsp3) is 1.00. The van der Waals surface area contributed by atoms with E-state index in [1.807, 2.05) is 0 Å². The molecule has 1 fully saturated rings. The minimum atomic E-state index is -6.23. The highest BCUT2D eigenvalue weighted by molar-refractivity contribution is 4.90. The van der Waals surface area contributed by atoms with Crippen LogP contribution in [0.15, 0.2) is 0 Å². The van der Waals surface area contributed by atoms with Gasteiger partial charge < -0.3 is 9.47 Å². The van der Waals surface area contributed by atoms with Gasteiger partial charge in [-0.1, -0.05) is 57.8 Å². The molecule has 0 N–H and O–H groups in total. The second-order valence-electron chi connectivity index (χ2n) is 8.45. The van der Waals surface area contributed by atoms with Gasteiger partial charge in [0.25, 0.3) is 0 Å². The Bertz CT molecular complexity index is 450. The summed E-state index contributed by atoms with van der Waals surface area (Å²) >= 11 is 0. The standard InChI is InChI=1S/C22H37F7O2/c23-20(24,21(25,26)22(27,28)29)15-10-8-6-4-2-1-3-5-7-9-11-16-30-18-14-19-13-12-17-31-19/h19H,1-18H2. The number of halogens is 7. The molecule has 0 bridgehead atoms. The molecule has 1 saturated heterocycles. The molecule has 0 aromatic carbocycles. The minimum absolute atomic E-state index is 0.233. The third kappa shape index (κ3) is 11.2. The van der Waals surface area contributed by atoms with Crippen LogP contribution in [-0.2, 0) is 9.47 Å². The van der Waals surface area contributed by atoms with Gasteiger partial charge in [0, 0.05) is 26.2 Å². The quantitative estimate of drug-likeness (QED) is 0.150. The van der Waals surface area contributed by atoms with Crippen molar-refractivity contribution in [2.75, 3.05) is 19.8 Å². The van der Waals surface area contributed by atoms with Crippen LogP contribution in [-0.4, -0.2) is 43.9 Å². The van der Waals surface area contributed by atoms with Crippen molar-refractivity contribution in [2.45, 2.75) is 120 Å². The summed E-state index contributed by atoms with van der Waals surface area (Å²) in [6.45, 7) is 2.41. The van der Waals surface area contributed by atoms with Gasteiger partial charge in [-0.25, -0.2) is 0 Å². The molecule has 0 spiro atoms. The van der Waals surface area contributed by atoms with Crippen molar-refractivity contribution in [2.24, 2.45) is 0 Å². The van der Waals surface area contributed by atoms with Gasteiger partial charge in [0.2, 0.25) is 0 Å². The van der Waals surface area contributed by atoms with E-state index in [9.17, 15) is 30.7 Å². The van der Waals surface area contributed by atoms with E-state index in [1.54, 1.807) is 0 Å². The topological polar surface area (TPSA) is 18.5 Å². The minimum Gasteiger partial charge on any atom is -0.381 e. The second kappa shape index (κ2) is 14.6. The summed E-state index contributed by atoms with van der Waals surface area (Å²) in [6, 6.07) is 0. The zero-order valence-corrected chi connectivity index (χ0v) is 18.3. The van der Waals surface area contributed by atoms with Crippen LogP contribution in [0.5, 0.6) is 0 Å². The fourth-order valence-corrected chi connectivity index (χ4v) is 3.70. The highest BCUT2D eigenvalue weighted by Crippen LogP contribution is 2.48. The molecule has 1 atom stereocenters. The first-order valence-electron chi connectivity index (χ1n) is 11.6. The number of unbranched alkanes of at least 4 members (excludes halogenated alkanes) is 10. The zero-order chi connectivity index (χ0) is 23.2. The Morgan fingerprint density at radius 1 is 0.677 bits per heavy atom. The number of rotatable bonds is 18. The molecule has 1 aliphatic heterocycles. The molecule has 0 aliphatic carbocycles. The summed E-state index contributed by atoms with van der Waals surface area (Å²) in [5, 5.41) is 0. The molecule has 1 heterocycles. The lowest BCUT2D eigenvalue weighted by atomic mass is 10.0. The van der Waals surface area contributed by atoms with Crippen molar-refractivity contribution in [3.05, 3.63) is 0 Å². The van der Waals surface area contributed by atoms with Gasteiger partial charge in [-0.05, 0) is 32.1 Å². The molecule has 0 saturated carbocycles. The van der Waals surface area contributed by atoms with Gasteiger partial charge in [-0.3, -0.25) is 0 Å². The Morgan fingerprint density at radius 2 is 1.19 bits per heavy atom. The SMILES string of the molecule is FC(F)(F)C(F)(F)C(F)(F)CCCCCCCCCCCCCOCCC1CCCO1. The van der Waals surface area contributed by atoms with E-state index >= 15 is 0 Å². The molecule has 186 valence electrons. The van der Waals surface area contributed by atoms with Crippen LogP contribution in [0.4, 0.5) is 30.7 Å². The van der Waals surface area contributed by atoms with E-state index < -0.39 is 24.4 Å². The zero-order valence-electron chi connectivity index (χ0n) is 18.3. The predicted octanol–water partition coefficient (Wildman–Crippen LogP) is 8.09. The molecule has 1 rings (SSSR count). The Kier molecular flexibility index (Phi) is 13.4. The van der Waals surface area contributed by atoms with E-state index in [1.165, 1.54) is 0 Å². The van der Waals surface area contributed by atoms with Crippen LogP contribution < -0.4 is 0 Å². The molecule has 2 nitrogen and oxygen atoms in total. The first kappa shape index (κ1) is 28.5. The van der Waals surface area contributed by atoms with Crippen molar-refractivity contribution in [3.63, 3.8) is 0 Å². The van der Waals surface area contributed by atoms with E-state index in [4.69, 9.17) is 9.47 Å². The van der Waals surface area contributed by atoms with Crippen LogP contribution in [0.3, 0.4) is 0 Å². The van der Waals surface area contributed by atoms with Crippen molar-refractivity contribution in [1.82, 2.24) is 0 Å². The van der Waals surface area contributed by atoms with E-state index in [0.29, 0.717) is 12.5 Å². The van der Waals surface area contributed by atoms with Gasteiger partial charge in [-0.15, -0.1) is 0 Å². The maximum Gasteiger partial charge on any atom is 0.459 e. The Morgan fingerprint density at radius 3 is 1.68 bits per heavy atom. The van der Waals surface area contributed by atoms with Gasteiger partial charge in [0.05, 0.1) is 6.10 Å². The molecule has 1 aliphatic rings. The normalized spacial score (nSPS) is 18.1. The van der Waals surface area contributed by atoms with Crippen molar-refractivity contribution in [3.8, 4) is 0 Å². The monoisotopic (exact) mass is 466 g/mol. The molecule has 0 aromatic heterocycles. The Hall–Kier alpha value is -0.570. The van der Waals surface area contributed by atoms with E-state index in [0.717, 1.165) is 90.4 Å². The maximum absolute atomic E-state index is 13.1. The number of ether oxygens (including phenoxy) is 2. The summed E-state index contributed by atoms with van der Waals surface area (Å²) < 4.78 is 99.1. The van der Waals surface area contributed by atoms with Crippen LogP contribution in [0, 0.1) is 0 Å². The number of alkyl halides is 7. The molecular weight excluding hydrogens is 429 g/mol. The molecule has 0 amide bonds. The lowest BCUT2D eigenvalue weighted by molar-refractivity contribution is -0.355. The van der Waals surface area contributed by atoms with Gasteiger partial charge in [-0.2, -0.15) is 30.7 Å². The van der Waals surface area contributed by atoms with Crippen LogP contribution in [0.25, 0.3) is 0 Å². The average molecular weight is 467 g/mol. The highest BCUT2D eigenvalue weighted by Gasteiger charge is 2.72. The third-order valence-electron chi connectivity index (χ3n) is 5.70. The molecular formula is C22H37F7O2. The summed E-state index contributed by atoms with van der Waals surface area (Å²) in [5.41, 5.74) is 0. The largest absolute Gasteiger partial charge is 0.459 e. The summed E-state index contributed by atoms with van der Waals surface area (Å²) in [7, 11) is 0. The average Bonchev–Trinajstić information content (AvgIpc) is 3.20. The van der Waals surface area contributed by atoms with Crippen molar-refractivity contribution < 1.29 is 40.2 Å². The molecule has 0 aromatic rings. The summed E-state index contributed by atoms with van der Waals surface area (Å²) in [6.07, 6.45) is 4.64. The fourth-order valence-electron chi connectivity index (χ4n) is 3.70. The van der Waals surface area contributed by atoms with Gasteiger partial charge in [0.1, 0.15) is 0 Å². The van der Waals surface area contributed by atoms with Gasteiger partial charge in [0.15, 0.2) is 0 Å². The first-order valence-corrected chi connectivity index (χ1v) is 11.6. The maximum atomic E-state index is 13.1. The van der Waals surface area contributed by atoms with Crippen LogP contribution in [0.1, 0.15) is 96.3 Å². The lowest BCUT2D eigenvalue weighted by Gasteiger charge is -2.28. The third-order valence-corrected chi connectivity index (χ3v) is 5.70. The summed E-state index contributed by atoms with van der Waals surface area (Å²) in [5.74, 6) is -11.0. The molecule has 0 radical (unpaired) electrons. The highest BCUT2D eigenvalue weighted by atomic mass is 19.4. The second-order valence-corrected chi connectivity index (χ2v) is 8.45. The van der Waals surface area contributed by atoms with Crippen LogP contribution in [0.2, 0.25) is 0 Å². The smallest absolute Gasteiger partial charge is 0.381 e. The Labute approximate surface area is 181 Å². The van der Waals surface area contributed by atoms with Crippen LogP contribution >= 0.6 is 0 Å². The molecule has 31 heavy (non-hydrogen) atoms. The lowest BCUT2D eigenvalue weighted by Crippen LogP contribution is -2.51. The number of hydrogen-bond acceptors (Lipinski definition) is 2. The van der Waals surface area contributed by atoms with E-state index in [-0.39, 0.29) is 12.8 Å². The number of hydrogen-bond donors (Lipinski definition) is 0. The first-order chi connectivity index (χ1) is 14.6. The predicted molar refractivity (Wildman–Crippen MR) is 106 cm³/mol. The van der Waals surface area contributed by atoms with E-state index in [2.05, 4.69) is 0 Å². The van der Waals surface area contributed by atoms with Gasteiger partial charge >= 0.3 is 18.0 Å². The molecule has 1 unspecified atom stereocenters. The van der Waals surface area contributed by atoms with Crippen molar-refractivity contribution in [1.29, 1.82) is 0 Å². The summed E-state index contributed by atoms with van der Waals surface area (Å²) in [4.78, 5) is 0. The Balaban J connectivity index is 1.84.